The normalized spacial score (nSPS) is 24.1. The number of carbonyl (C=O) groups excluding carboxylic acids is 1. The van der Waals surface area contributed by atoms with Crippen molar-refractivity contribution in [2.24, 2.45) is 0 Å². The van der Waals surface area contributed by atoms with Crippen LogP contribution < -0.4 is 10.6 Å². The van der Waals surface area contributed by atoms with Crippen molar-refractivity contribution < 1.29 is 4.79 Å². The van der Waals surface area contributed by atoms with Gasteiger partial charge in [0.2, 0.25) is 5.95 Å². The summed E-state index contributed by atoms with van der Waals surface area (Å²) in [6, 6.07) is 1.04. The molecule has 0 aliphatic carbocycles. The largest absolute Gasteiger partial charge is 0.355 e. The lowest BCUT2D eigenvalue weighted by Gasteiger charge is -2.24. The first kappa shape index (κ1) is 16.0. The summed E-state index contributed by atoms with van der Waals surface area (Å²) >= 11 is 0. The number of likely N-dealkylation sites (tertiary alicyclic amines) is 1. The highest BCUT2D eigenvalue weighted by Gasteiger charge is 2.31. The molecule has 2 aliphatic heterocycles. The van der Waals surface area contributed by atoms with Crippen molar-refractivity contribution in [1.29, 1.82) is 0 Å². The second-order valence-electron chi connectivity index (χ2n) is 5.50. The first-order valence-electron chi connectivity index (χ1n) is 7.37. The molecule has 1 amide bonds. The van der Waals surface area contributed by atoms with E-state index in [0.717, 1.165) is 26.1 Å². The van der Waals surface area contributed by atoms with Gasteiger partial charge >= 0.3 is 0 Å². The third-order valence-electron chi connectivity index (χ3n) is 4.04. The van der Waals surface area contributed by atoms with E-state index < -0.39 is 0 Å². The average molecular weight is 312 g/mol. The van der Waals surface area contributed by atoms with Gasteiger partial charge in [-0.3, -0.25) is 4.79 Å². The lowest BCUT2D eigenvalue weighted by molar-refractivity contribution is 0.0747. The fourth-order valence-corrected chi connectivity index (χ4v) is 3.00. The second-order valence-corrected chi connectivity index (χ2v) is 5.50. The summed E-state index contributed by atoms with van der Waals surface area (Å²) in [5.74, 6) is 0.614. The topological polar surface area (TPSA) is 70.2 Å². The van der Waals surface area contributed by atoms with E-state index >= 15 is 0 Å². The Morgan fingerprint density at radius 3 is 2.76 bits per heavy atom. The monoisotopic (exact) mass is 311 g/mol. The number of hydrogen-bond donors (Lipinski definition) is 2. The number of fused-ring (bicyclic) bond motifs is 2. The van der Waals surface area contributed by atoms with Crippen LogP contribution in [0.5, 0.6) is 0 Å². The SMILES string of the molecule is CCNc1ncc(C(=O)N2CC[C@H]3CC[C@@H](C2)N3)cn1.Cl. The fourth-order valence-electron chi connectivity index (χ4n) is 3.00. The number of anilines is 1. The fraction of sp³-hybridized carbons (Fsp3) is 0.643. The van der Waals surface area contributed by atoms with Crippen LogP contribution in [0, 0.1) is 0 Å². The Morgan fingerprint density at radius 1 is 1.33 bits per heavy atom. The van der Waals surface area contributed by atoms with E-state index in [1.165, 1.54) is 12.8 Å². The van der Waals surface area contributed by atoms with Gasteiger partial charge in [-0.1, -0.05) is 0 Å². The lowest BCUT2D eigenvalue weighted by atomic mass is 10.1. The van der Waals surface area contributed by atoms with Crippen LogP contribution in [-0.4, -0.2) is 52.5 Å². The molecule has 3 rings (SSSR count). The van der Waals surface area contributed by atoms with Crippen LogP contribution in [0.25, 0.3) is 0 Å². The zero-order valence-electron chi connectivity index (χ0n) is 12.2. The molecule has 1 aromatic rings. The number of aromatic nitrogens is 2. The molecule has 2 fully saturated rings. The van der Waals surface area contributed by atoms with Crippen LogP contribution in [0.4, 0.5) is 5.95 Å². The number of rotatable bonds is 3. The molecule has 2 aliphatic rings. The summed E-state index contributed by atoms with van der Waals surface area (Å²) in [6.45, 7) is 4.38. The predicted molar refractivity (Wildman–Crippen MR) is 83.9 cm³/mol. The van der Waals surface area contributed by atoms with Crippen LogP contribution in [0.1, 0.15) is 36.5 Å². The summed E-state index contributed by atoms with van der Waals surface area (Å²) < 4.78 is 0. The molecule has 1 aromatic heterocycles. The highest BCUT2D eigenvalue weighted by atomic mass is 35.5. The number of halogens is 1. The molecule has 0 aromatic carbocycles. The Hall–Kier alpha value is -1.40. The molecule has 0 radical (unpaired) electrons. The van der Waals surface area contributed by atoms with Gasteiger partial charge in [-0.05, 0) is 26.2 Å². The molecular weight excluding hydrogens is 290 g/mol. The van der Waals surface area contributed by atoms with Gasteiger partial charge in [0.05, 0.1) is 5.56 Å². The first-order valence-corrected chi connectivity index (χ1v) is 7.37. The summed E-state index contributed by atoms with van der Waals surface area (Å²) in [5, 5.41) is 6.61. The maximum atomic E-state index is 12.5. The first-order chi connectivity index (χ1) is 9.76. The molecule has 116 valence electrons. The van der Waals surface area contributed by atoms with Crippen LogP contribution >= 0.6 is 12.4 Å². The summed E-state index contributed by atoms with van der Waals surface area (Å²) in [6.07, 6.45) is 6.68. The molecule has 0 saturated carbocycles. The predicted octanol–water partition coefficient (Wildman–Crippen LogP) is 1.30. The van der Waals surface area contributed by atoms with Crippen molar-refractivity contribution in [2.75, 3.05) is 25.0 Å². The smallest absolute Gasteiger partial charge is 0.257 e. The van der Waals surface area contributed by atoms with Gasteiger partial charge in [0.1, 0.15) is 0 Å². The van der Waals surface area contributed by atoms with Crippen molar-refractivity contribution in [3.63, 3.8) is 0 Å². The molecule has 0 unspecified atom stereocenters. The third kappa shape index (κ3) is 3.63. The van der Waals surface area contributed by atoms with E-state index in [-0.39, 0.29) is 18.3 Å². The number of amides is 1. The molecule has 7 heteroatoms. The lowest BCUT2D eigenvalue weighted by Crippen LogP contribution is -2.39. The van der Waals surface area contributed by atoms with Crippen molar-refractivity contribution in [2.45, 2.75) is 38.3 Å². The molecule has 21 heavy (non-hydrogen) atoms. The summed E-state index contributed by atoms with van der Waals surface area (Å²) in [7, 11) is 0. The van der Waals surface area contributed by atoms with Crippen molar-refractivity contribution >= 4 is 24.3 Å². The van der Waals surface area contributed by atoms with Crippen molar-refractivity contribution in [1.82, 2.24) is 20.2 Å². The molecule has 2 bridgehead atoms. The van der Waals surface area contributed by atoms with Gasteiger partial charge < -0.3 is 15.5 Å². The van der Waals surface area contributed by atoms with Crippen LogP contribution in [0.3, 0.4) is 0 Å². The van der Waals surface area contributed by atoms with Crippen LogP contribution in [0.15, 0.2) is 12.4 Å². The minimum Gasteiger partial charge on any atom is -0.355 e. The Labute approximate surface area is 131 Å². The van der Waals surface area contributed by atoms with Crippen molar-refractivity contribution in [3.05, 3.63) is 18.0 Å². The van der Waals surface area contributed by atoms with Gasteiger partial charge in [0.15, 0.2) is 0 Å². The van der Waals surface area contributed by atoms with E-state index in [0.29, 0.717) is 23.6 Å². The minimum absolute atomic E-state index is 0. The number of hydrogen-bond acceptors (Lipinski definition) is 5. The van der Waals surface area contributed by atoms with Gasteiger partial charge in [0.25, 0.3) is 5.91 Å². The second kappa shape index (κ2) is 7.04. The third-order valence-corrected chi connectivity index (χ3v) is 4.04. The van der Waals surface area contributed by atoms with E-state index in [1.807, 2.05) is 11.8 Å². The van der Waals surface area contributed by atoms with E-state index in [9.17, 15) is 4.79 Å². The van der Waals surface area contributed by atoms with Crippen LogP contribution in [0.2, 0.25) is 0 Å². The van der Waals surface area contributed by atoms with Gasteiger partial charge in [-0.25, -0.2) is 9.97 Å². The minimum atomic E-state index is 0. The molecular formula is C14H22ClN5O. The molecule has 2 saturated heterocycles. The summed E-state index contributed by atoms with van der Waals surface area (Å²) in [5.41, 5.74) is 0.574. The van der Waals surface area contributed by atoms with Gasteiger partial charge in [-0.2, -0.15) is 0 Å². The molecule has 3 heterocycles. The number of nitrogens with zero attached hydrogens (tertiary/aromatic N) is 3. The quantitative estimate of drug-likeness (QED) is 0.880. The Kier molecular flexibility index (Phi) is 5.36. The maximum Gasteiger partial charge on any atom is 0.257 e. The molecule has 0 spiro atoms. The zero-order valence-corrected chi connectivity index (χ0v) is 13.0. The number of nitrogens with one attached hydrogen (secondary N) is 2. The van der Waals surface area contributed by atoms with Crippen molar-refractivity contribution in [3.8, 4) is 0 Å². The molecule has 2 N–H and O–H groups in total. The van der Waals surface area contributed by atoms with Gasteiger partial charge in [-0.15, -0.1) is 12.4 Å². The Bertz CT molecular complexity index is 481. The van der Waals surface area contributed by atoms with E-state index in [2.05, 4.69) is 20.6 Å². The Morgan fingerprint density at radius 2 is 2.05 bits per heavy atom. The maximum absolute atomic E-state index is 12.5. The summed E-state index contributed by atoms with van der Waals surface area (Å²) in [4.78, 5) is 22.8. The van der Waals surface area contributed by atoms with E-state index in [1.54, 1.807) is 12.4 Å². The molecule has 6 nitrogen and oxygen atoms in total. The standard InChI is InChI=1S/C14H21N5O.ClH/c1-2-15-14-16-7-10(8-17-14)13(20)19-6-5-11-3-4-12(9-19)18-11;/h7-8,11-12,18H,2-6,9H2,1H3,(H,15,16,17);1H/t11-,12+;/m1./s1. The van der Waals surface area contributed by atoms with Gasteiger partial charge in [0, 0.05) is 44.1 Å². The zero-order chi connectivity index (χ0) is 13.9. The number of carbonyl (C=O) groups is 1. The van der Waals surface area contributed by atoms with E-state index in [4.69, 9.17) is 0 Å². The average Bonchev–Trinajstić information content (AvgIpc) is 2.79. The Balaban J connectivity index is 0.00000161. The highest BCUT2D eigenvalue weighted by molar-refractivity contribution is 5.93. The van der Waals surface area contributed by atoms with Crippen LogP contribution in [-0.2, 0) is 0 Å². The molecule has 2 atom stereocenters. The highest BCUT2D eigenvalue weighted by Crippen LogP contribution is 2.21.